The normalized spacial score (nSPS) is 28.5. The second kappa shape index (κ2) is 5.22. The molecule has 1 amide bonds. The van der Waals surface area contributed by atoms with Crippen molar-refractivity contribution in [2.75, 3.05) is 7.05 Å². The summed E-state index contributed by atoms with van der Waals surface area (Å²) < 4.78 is 0. The molecule has 0 aromatic heterocycles. The molecule has 0 aromatic rings. The van der Waals surface area contributed by atoms with Crippen molar-refractivity contribution < 1.29 is 4.79 Å². The van der Waals surface area contributed by atoms with Gasteiger partial charge in [0.15, 0.2) is 0 Å². The topological polar surface area (TPSA) is 55.1 Å². The van der Waals surface area contributed by atoms with E-state index in [4.69, 9.17) is 5.73 Å². The largest absolute Gasteiger partial charge is 0.359 e. The van der Waals surface area contributed by atoms with E-state index in [1.165, 1.54) is 19.3 Å². The van der Waals surface area contributed by atoms with Gasteiger partial charge in [0.25, 0.3) is 0 Å². The predicted octanol–water partition coefficient (Wildman–Crippen LogP) is 1.03. The molecule has 2 unspecified atom stereocenters. The summed E-state index contributed by atoms with van der Waals surface area (Å²) in [7, 11) is 1.68. The van der Waals surface area contributed by atoms with Crippen LogP contribution in [0.25, 0.3) is 0 Å². The van der Waals surface area contributed by atoms with Crippen LogP contribution in [0.15, 0.2) is 0 Å². The molecule has 3 heteroatoms. The van der Waals surface area contributed by atoms with E-state index < -0.39 is 0 Å². The SMILES string of the molecule is CNC(=O)CCC1CCCCC1N. The van der Waals surface area contributed by atoms with E-state index in [1.807, 2.05) is 0 Å². The molecule has 0 spiro atoms. The summed E-state index contributed by atoms with van der Waals surface area (Å²) in [5.41, 5.74) is 5.97. The average molecular weight is 184 g/mol. The van der Waals surface area contributed by atoms with Crippen molar-refractivity contribution in [3.8, 4) is 0 Å². The molecule has 0 saturated heterocycles. The molecule has 13 heavy (non-hydrogen) atoms. The first-order valence-corrected chi connectivity index (χ1v) is 5.20. The van der Waals surface area contributed by atoms with Gasteiger partial charge < -0.3 is 11.1 Å². The third-order valence-corrected chi connectivity index (χ3v) is 2.99. The van der Waals surface area contributed by atoms with Crippen LogP contribution < -0.4 is 11.1 Å². The van der Waals surface area contributed by atoms with Crippen molar-refractivity contribution in [1.29, 1.82) is 0 Å². The van der Waals surface area contributed by atoms with Gasteiger partial charge in [0.05, 0.1) is 0 Å². The molecule has 0 bridgehead atoms. The second-order valence-electron chi connectivity index (χ2n) is 3.92. The van der Waals surface area contributed by atoms with Gasteiger partial charge in [-0.15, -0.1) is 0 Å². The van der Waals surface area contributed by atoms with Crippen molar-refractivity contribution >= 4 is 5.91 Å². The highest BCUT2D eigenvalue weighted by Crippen LogP contribution is 2.26. The summed E-state index contributed by atoms with van der Waals surface area (Å²) in [4.78, 5) is 11.0. The first-order valence-electron chi connectivity index (χ1n) is 5.20. The highest BCUT2D eigenvalue weighted by atomic mass is 16.1. The Hall–Kier alpha value is -0.570. The Morgan fingerprint density at radius 1 is 1.46 bits per heavy atom. The maximum absolute atomic E-state index is 11.0. The van der Waals surface area contributed by atoms with E-state index in [2.05, 4.69) is 5.32 Å². The third-order valence-electron chi connectivity index (χ3n) is 2.99. The molecule has 3 nitrogen and oxygen atoms in total. The number of carbonyl (C=O) groups excluding carboxylic acids is 1. The molecule has 2 atom stereocenters. The van der Waals surface area contributed by atoms with Crippen LogP contribution in [-0.4, -0.2) is 19.0 Å². The summed E-state index contributed by atoms with van der Waals surface area (Å²) in [6.45, 7) is 0. The fourth-order valence-corrected chi connectivity index (χ4v) is 2.04. The zero-order chi connectivity index (χ0) is 9.68. The van der Waals surface area contributed by atoms with Gasteiger partial charge >= 0.3 is 0 Å². The number of carbonyl (C=O) groups is 1. The predicted molar refractivity (Wildman–Crippen MR) is 53.2 cm³/mol. The fraction of sp³-hybridized carbons (Fsp3) is 0.900. The Morgan fingerprint density at radius 3 is 2.77 bits per heavy atom. The number of rotatable bonds is 3. The molecule has 3 N–H and O–H groups in total. The molecule has 0 aliphatic heterocycles. The van der Waals surface area contributed by atoms with E-state index in [1.54, 1.807) is 7.05 Å². The molecule has 76 valence electrons. The van der Waals surface area contributed by atoms with E-state index >= 15 is 0 Å². The van der Waals surface area contributed by atoms with Crippen LogP contribution in [0.1, 0.15) is 38.5 Å². The van der Waals surface area contributed by atoms with Gasteiger partial charge in [0.1, 0.15) is 0 Å². The summed E-state index contributed by atoms with van der Waals surface area (Å²) in [5, 5.41) is 2.64. The molecular formula is C10H20N2O. The van der Waals surface area contributed by atoms with E-state index in [-0.39, 0.29) is 5.91 Å². The van der Waals surface area contributed by atoms with Crippen molar-refractivity contribution in [2.45, 2.75) is 44.6 Å². The molecule has 1 aliphatic rings. The Morgan fingerprint density at radius 2 is 2.15 bits per heavy atom. The molecule has 1 saturated carbocycles. The highest BCUT2D eigenvalue weighted by molar-refractivity contribution is 5.75. The van der Waals surface area contributed by atoms with Crippen molar-refractivity contribution in [2.24, 2.45) is 11.7 Å². The lowest BCUT2D eigenvalue weighted by molar-refractivity contribution is -0.120. The first kappa shape index (κ1) is 10.5. The Bertz CT molecular complexity index is 170. The Balaban J connectivity index is 2.22. The number of amides is 1. The number of hydrogen-bond donors (Lipinski definition) is 2. The average Bonchev–Trinajstić information content (AvgIpc) is 2.16. The maximum Gasteiger partial charge on any atom is 0.219 e. The van der Waals surface area contributed by atoms with Crippen LogP contribution in [-0.2, 0) is 4.79 Å². The summed E-state index contributed by atoms with van der Waals surface area (Å²) in [6.07, 6.45) is 6.48. The van der Waals surface area contributed by atoms with Crippen LogP contribution in [0, 0.1) is 5.92 Å². The third kappa shape index (κ3) is 3.35. The van der Waals surface area contributed by atoms with Gasteiger partial charge in [-0.05, 0) is 25.2 Å². The fourth-order valence-electron chi connectivity index (χ4n) is 2.04. The van der Waals surface area contributed by atoms with E-state index in [0.29, 0.717) is 18.4 Å². The Kier molecular flexibility index (Phi) is 4.22. The molecule has 0 heterocycles. The second-order valence-corrected chi connectivity index (χ2v) is 3.92. The smallest absolute Gasteiger partial charge is 0.219 e. The molecule has 1 rings (SSSR count). The minimum atomic E-state index is 0.137. The van der Waals surface area contributed by atoms with Crippen LogP contribution in [0.4, 0.5) is 0 Å². The molecule has 1 aliphatic carbocycles. The van der Waals surface area contributed by atoms with Crippen LogP contribution >= 0.6 is 0 Å². The van der Waals surface area contributed by atoms with Gasteiger partial charge in [-0.1, -0.05) is 12.8 Å². The van der Waals surface area contributed by atoms with Gasteiger partial charge in [-0.2, -0.15) is 0 Å². The number of hydrogen-bond acceptors (Lipinski definition) is 2. The molecule has 0 aromatic carbocycles. The van der Waals surface area contributed by atoms with E-state index in [9.17, 15) is 4.79 Å². The summed E-state index contributed by atoms with van der Waals surface area (Å²) in [6, 6.07) is 0.332. The quantitative estimate of drug-likeness (QED) is 0.688. The minimum Gasteiger partial charge on any atom is -0.359 e. The summed E-state index contributed by atoms with van der Waals surface area (Å²) >= 11 is 0. The maximum atomic E-state index is 11.0. The lowest BCUT2D eigenvalue weighted by Crippen LogP contribution is -2.33. The van der Waals surface area contributed by atoms with Gasteiger partial charge in [-0.25, -0.2) is 0 Å². The van der Waals surface area contributed by atoms with Crippen molar-refractivity contribution in [3.63, 3.8) is 0 Å². The molecule has 0 radical (unpaired) electrons. The highest BCUT2D eigenvalue weighted by Gasteiger charge is 2.21. The standard InChI is InChI=1S/C10H20N2O/c1-12-10(13)7-6-8-4-2-3-5-9(8)11/h8-9H,2-7,11H2,1H3,(H,12,13). The molecular weight excluding hydrogens is 164 g/mol. The van der Waals surface area contributed by atoms with E-state index in [0.717, 1.165) is 12.8 Å². The van der Waals surface area contributed by atoms with Gasteiger partial charge in [0, 0.05) is 19.5 Å². The zero-order valence-electron chi connectivity index (χ0n) is 8.38. The van der Waals surface area contributed by atoms with Crippen LogP contribution in [0.5, 0.6) is 0 Å². The lowest BCUT2D eigenvalue weighted by Gasteiger charge is -2.28. The van der Waals surface area contributed by atoms with Gasteiger partial charge in [0.2, 0.25) is 5.91 Å². The molecule has 1 fully saturated rings. The van der Waals surface area contributed by atoms with Crippen LogP contribution in [0.3, 0.4) is 0 Å². The van der Waals surface area contributed by atoms with Crippen LogP contribution in [0.2, 0.25) is 0 Å². The van der Waals surface area contributed by atoms with Crippen molar-refractivity contribution in [1.82, 2.24) is 5.32 Å². The minimum absolute atomic E-state index is 0.137. The Labute approximate surface area is 80.1 Å². The summed E-state index contributed by atoms with van der Waals surface area (Å²) in [5.74, 6) is 0.712. The first-order chi connectivity index (χ1) is 6.24. The van der Waals surface area contributed by atoms with Gasteiger partial charge in [-0.3, -0.25) is 4.79 Å². The monoisotopic (exact) mass is 184 g/mol. The zero-order valence-corrected chi connectivity index (χ0v) is 8.38. The number of nitrogens with one attached hydrogen (secondary N) is 1. The lowest BCUT2D eigenvalue weighted by atomic mass is 9.82. The number of nitrogens with two attached hydrogens (primary N) is 1. The van der Waals surface area contributed by atoms with Crippen molar-refractivity contribution in [3.05, 3.63) is 0 Å².